The van der Waals surface area contributed by atoms with Gasteiger partial charge in [0, 0.05) is 25.4 Å². The molecule has 2 aromatic rings. The summed E-state index contributed by atoms with van der Waals surface area (Å²) < 4.78 is 10.6. The fourth-order valence-electron chi connectivity index (χ4n) is 1.80. The number of rotatable bonds is 8. The summed E-state index contributed by atoms with van der Waals surface area (Å²) in [6.07, 6.45) is 0.693. The largest absolute Gasteiger partial charge is 0.493 e. The first-order chi connectivity index (χ1) is 10.7. The van der Waals surface area contributed by atoms with Crippen LogP contribution in [-0.2, 0) is 11.2 Å². The molecule has 0 bridgehead atoms. The first-order valence-electron chi connectivity index (χ1n) is 6.87. The number of para-hydroxylation sites is 2. The third-order valence-electron chi connectivity index (χ3n) is 2.90. The molecule has 0 aliphatic rings. The standard InChI is InChI=1S/C15H19N3O3S/c1-16-15-18-11(10-22-15)7-8-17-14(19)9-21-13-6-4-3-5-12(13)20-2/h3-6,10H,7-9H2,1-2H3,(H,16,18)(H,17,19). The molecule has 0 unspecified atom stereocenters. The molecule has 0 aliphatic heterocycles. The molecule has 1 amide bonds. The molecule has 2 rings (SSSR count). The number of methoxy groups -OCH3 is 1. The van der Waals surface area contributed by atoms with Crippen molar-refractivity contribution < 1.29 is 14.3 Å². The number of thiazole rings is 1. The molecule has 6 nitrogen and oxygen atoms in total. The molecule has 0 radical (unpaired) electrons. The van der Waals surface area contributed by atoms with Gasteiger partial charge in [-0.25, -0.2) is 4.98 Å². The number of hydrogen-bond donors (Lipinski definition) is 2. The summed E-state index contributed by atoms with van der Waals surface area (Å²) >= 11 is 1.55. The number of aromatic nitrogens is 1. The highest BCUT2D eigenvalue weighted by molar-refractivity contribution is 7.13. The number of anilines is 1. The Morgan fingerprint density at radius 2 is 2.09 bits per heavy atom. The summed E-state index contributed by atoms with van der Waals surface area (Å²) in [5, 5.41) is 8.64. The van der Waals surface area contributed by atoms with Crippen LogP contribution in [0.1, 0.15) is 5.69 Å². The van der Waals surface area contributed by atoms with Gasteiger partial charge in [0.1, 0.15) is 0 Å². The molecule has 118 valence electrons. The number of hydrogen-bond acceptors (Lipinski definition) is 6. The first kappa shape index (κ1) is 16.1. The molecular weight excluding hydrogens is 302 g/mol. The monoisotopic (exact) mass is 321 g/mol. The molecule has 0 fully saturated rings. The summed E-state index contributed by atoms with van der Waals surface area (Å²) in [6, 6.07) is 7.23. The van der Waals surface area contributed by atoms with Crippen LogP contribution in [0.15, 0.2) is 29.6 Å². The van der Waals surface area contributed by atoms with Gasteiger partial charge in [-0.1, -0.05) is 12.1 Å². The van der Waals surface area contributed by atoms with Crippen molar-refractivity contribution in [3.05, 3.63) is 35.3 Å². The van der Waals surface area contributed by atoms with Crippen LogP contribution >= 0.6 is 11.3 Å². The van der Waals surface area contributed by atoms with Gasteiger partial charge in [-0.3, -0.25) is 4.79 Å². The zero-order chi connectivity index (χ0) is 15.8. The number of carbonyl (C=O) groups excluding carboxylic acids is 1. The van der Waals surface area contributed by atoms with Gasteiger partial charge in [0.25, 0.3) is 5.91 Å². The van der Waals surface area contributed by atoms with Crippen LogP contribution in [0.4, 0.5) is 5.13 Å². The Labute approximate surface area is 133 Å². The van der Waals surface area contributed by atoms with Gasteiger partial charge in [-0.2, -0.15) is 0 Å². The summed E-state index contributed by atoms with van der Waals surface area (Å²) in [7, 11) is 3.40. The van der Waals surface area contributed by atoms with Crippen LogP contribution in [0.2, 0.25) is 0 Å². The van der Waals surface area contributed by atoms with E-state index in [4.69, 9.17) is 9.47 Å². The van der Waals surface area contributed by atoms with Crippen molar-refractivity contribution >= 4 is 22.4 Å². The Kier molecular flexibility index (Phi) is 6.02. The SMILES string of the molecule is CNc1nc(CCNC(=O)COc2ccccc2OC)cs1. The summed E-state index contributed by atoms with van der Waals surface area (Å²) in [5.74, 6) is 0.991. The first-order valence-corrected chi connectivity index (χ1v) is 7.75. The van der Waals surface area contributed by atoms with Gasteiger partial charge in [-0.15, -0.1) is 11.3 Å². The summed E-state index contributed by atoms with van der Waals surface area (Å²) in [4.78, 5) is 16.1. The highest BCUT2D eigenvalue weighted by Gasteiger charge is 2.07. The van der Waals surface area contributed by atoms with Crippen LogP contribution in [0, 0.1) is 0 Å². The molecule has 0 aliphatic carbocycles. The molecule has 22 heavy (non-hydrogen) atoms. The van der Waals surface area contributed by atoms with Gasteiger partial charge in [0.2, 0.25) is 0 Å². The van der Waals surface area contributed by atoms with E-state index in [1.54, 1.807) is 30.6 Å². The minimum absolute atomic E-state index is 0.0425. The molecule has 0 atom stereocenters. The normalized spacial score (nSPS) is 10.1. The van der Waals surface area contributed by atoms with Crippen LogP contribution in [0.5, 0.6) is 11.5 Å². The van der Waals surface area contributed by atoms with E-state index in [9.17, 15) is 4.79 Å². The Morgan fingerprint density at radius 3 is 2.77 bits per heavy atom. The molecule has 7 heteroatoms. The third-order valence-corrected chi connectivity index (χ3v) is 3.81. The van der Waals surface area contributed by atoms with E-state index >= 15 is 0 Å². The van der Waals surface area contributed by atoms with E-state index in [1.807, 2.05) is 24.6 Å². The molecule has 1 aromatic heterocycles. The van der Waals surface area contributed by atoms with Crippen molar-refractivity contribution in [3.8, 4) is 11.5 Å². The maximum atomic E-state index is 11.8. The van der Waals surface area contributed by atoms with Crippen LogP contribution in [0.3, 0.4) is 0 Å². The average Bonchev–Trinajstić information content (AvgIpc) is 3.01. The zero-order valence-corrected chi connectivity index (χ0v) is 13.4. The lowest BCUT2D eigenvalue weighted by molar-refractivity contribution is -0.123. The van der Waals surface area contributed by atoms with E-state index in [2.05, 4.69) is 15.6 Å². The average molecular weight is 321 g/mol. The van der Waals surface area contributed by atoms with E-state index in [0.29, 0.717) is 24.5 Å². The Morgan fingerprint density at radius 1 is 1.32 bits per heavy atom. The minimum atomic E-state index is -0.171. The molecule has 0 spiro atoms. The minimum Gasteiger partial charge on any atom is -0.493 e. The fraction of sp³-hybridized carbons (Fsp3) is 0.333. The van der Waals surface area contributed by atoms with E-state index in [1.165, 1.54) is 0 Å². The van der Waals surface area contributed by atoms with E-state index in [-0.39, 0.29) is 12.5 Å². The smallest absolute Gasteiger partial charge is 0.257 e. The fourth-order valence-corrected chi connectivity index (χ4v) is 2.51. The Balaban J connectivity index is 1.71. The van der Waals surface area contributed by atoms with Crippen LogP contribution in [0.25, 0.3) is 0 Å². The van der Waals surface area contributed by atoms with Crippen molar-refractivity contribution in [1.29, 1.82) is 0 Å². The van der Waals surface area contributed by atoms with Crippen molar-refractivity contribution in [1.82, 2.24) is 10.3 Å². The van der Waals surface area contributed by atoms with Crippen LogP contribution < -0.4 is 20.1 Å². The summed E-state index contributed by atoms with van der Waals surface area (Å²) in [6.45, 7) is 0.486. The van der Waals surface area contributed by atoms with Gasteiger partial charge in [0.15, 0.2) is 23.2 Å². The van der Waals surface area contributed by atoms with Gasteiger partial charge in [0.05, 0.1) is 12.8 Å². The Bertz CT molecular complexity index is 616. The molecule has 0 saturated heterocycles. The third kappa shape index (κ3) is 4.63. The number of nitrogens with zero attached hydrogens (tertiary/aromatic N) is 1. The lowest BCUT2D eigenvalue weighted by atomic mass is 10.3. The predicted molar refractivity (Wildman–Crippen MR) is 86.9 cm³/mol. The number of ether oxygens (including phenoxy) is 2. The predicted octanol–water partition coefficient (Wildman–Crippen LogP) is 1.93. The quantitative estimate of drug-likeness (QED) is 0.777. The van der Waals surface area contributed by atoms with Gasteiger partial charge < -0.3 is 20.1 Å². The van der Waals surface area contributed by atoms with E-state index < -0.39 is 0 Å². The second-order valence-electron chi connectivity index (χ2n) is 4.43. The number of nitrogens with one attached hydrogen (secondary N) is 2. The lowest BCUT2D eigenvalue weighted by Gasteiger charge is -2.10. The zero-order valence-electron chi connectivity index (χ0n) is 12.6. The highest BCUT2D eigenvalue weighted by atomic mass is 32.1. The number of benzene rings is 1. The molecule has 1 aromatic carbocycles. The number of amides is 1. The highest BCUT2D eigenvalue weighted by Crippen LogP contribution is 2.25. The maximum absolute atomic E-state index is 11.8. The lowest BCUT2D eigenvalue weighted by Crippen LogP contribution is -2.30. The van der Waals surface area contributed by atoms with Crippen molar-refractivity contribution in [2.75, 3.05) is 32.6 Å². The van der Waals surface area contributed by atoms with Gasteiger partial charge >= 0.3 is 0 Å². The van der Waals surface area contributed by atoms with Gasteiger partial charge in [-0.05, 0) is 12.1 Å². The van der Waals surface area contributed by atoms with Crippen molar-refractivity contribution in [3.63, 3.8) is 0 Å². The topological polar surface area (TPSA) is 72.5 Å². The van der Waals surface area contributed by atoms with Crippen LogP contribution in [-0.4, -0.2) is 38.2 Å². The maximum Gasteiger partial charge on any atom is 0.257 e. The molecule has 2 N–H and O–H groups in total. The van der Waals surface area contributed by atoms with Crippen molar-refractivity contribution in [2.45, 2.75) is 6.42 Å². The number of carbonyl (C=O) groups is 1. The summed E-state index contributed by atoms with van der Waals surface area (Å²) in [5.41, 5.74) is 0.959. The Hall–Kier alpha value is -2.28. The molecular formula is C15H19N3O3S. The van der Waals surface area contributed by atoms with E-state index in [0.717, 1.165) is 10.8 Å². The molecule has 1 heterocycles. The second kappa shape index (κ2) is 8.23. The molecule has 0 saturated carbocycles. The second-order valence-corrected chi connectivity index (χ2v) is 5.29. The van der Waals surface area contributed by atoms with Crippen molar-refractivity contribution in [2.24, 2.45) is 0 Å².